The van der Waals surface area contributed by atoms with Gasteiger partial charge in [-0.05, 0) is 6.42 Å². The Balaban J connectivity index is 1.65. The van der Waals surface area contributed by atoms with E-state index in [1.807, 2.05) is 0 Å². The smallest absolute Gasteiger partial charge is 0.328 e. The molecule has 8 nitrogen and oxygen atoms in total. The highest BCUT2D eigenvalue weighted by molar-refractivity contribution is 8.14. The summed E-state index contributed by atoms with van der Waals surface area (Å²) in [6, 6.07) is -1.00. The van der Waals surface area contributed by atoms with Crippen molar-refractivity contribution >= 4 is 35.0 Å². The highest BCUT2D eigenvalue weighted by atomic mass is 32.2. The van der Waals surface area contributed by atoms with Gasteiger partial charge in [0.1, 0.15) is 0 Å². The van der Waals surface area contributed by atoms with Crippen LogP contribution < -0.4 is 5.32 Å². The Kier molecular flexibility index (Phi) is 3.28. The van der Waals surface area contributed by atoms with Gasteiger partial charge in [0, 0.05) is 26.2 Å². The van der Waals surface area contributed by atoms with Crippen LogP contribution in [0, 0.1) is 0 Å². The summed E-state index contributed by atoms with van der Waals surface area (Å²) in [5.41, 5.74) is 0. The number of hydrogen-bond donors (Lipinski definition) is 1. The molecule has 3 aliphatic rings. The Bertz CT molecular complexity index is 481. The monoisotopic (exact) mass is 298 g/mol. The van der Waals surface area contributed by atoms with E-state index in [0.29, 0.717) is 32.6 Å². The van der Waals surface area contributed by atoms with Gasteiger partial charge in [-0.2, -0.15) is 0 Å². The van der Waals surface area contributed by atoms with Crippen molar-refractivity contribution in [2.24, 2.45) is 0 Å². The maximum absolute atomic E-state index is 12.2. The van der Waals surface area contributed by atoms with Crippen LogP contribution in [0.1, 0.15) is 6.42 Å². The van der Waals surface area contributed by atoms with Gasteiger partial charge in [-0.1, -0.05) is 11.8 Å². The molecule has 0 bridgehead atoms. The van der Waals surface area contributed by atoms with Crippen molar-refractivity contribution < 1.29 is 19.2 Å². The van der Waals surface area contributed by atoms with Gasteiger partial charge in [-0.15, -0.1) is 0 Å². The minimum atomic E-state index is -0.387. The fourth-order valence-corrected chi connectivity index (χ4v) is 3.44. The Hall–Kier alpha value is -1.77. The number of likely N-dealkylation sites (tertiary alicyclic amines) is 1. The van der Waals surface area contributed by atoms with Crippen molar-refractivity contribution in [1.82, 2.24) is 20.0 Å². The Morgan fingerprint density at radius 1 is 1.25 bits per heavy atom. The van der Waals surface area contributed by atoms with E-state index in [9.17, 15) is 19.2 Å². The number of carbonyl (C=O) groups is 4. The van der Waals surface area contributed by atoms with E-state index in [-0.39, 0.29) is 35.0 Å². The molecule has 3 heterocycles. The van der Waals surface area contributed by atoms with Crippen LogP contribution in [0.4, 0.5) is 14.4 Å². The van der Waals surface area contributed by atoms with Crippen molar-refractivity contribution in [2.45, 2.75) is 12.5 Å². The zero-order valence-corrected chi connectivity index (χ0v) is 11.5. The van der Waals surface area contributed by atoms with Gasteiger partial charge in [0.15, 0.2) is 0 Å². The highest BCUT2D eigenvalue weighted by Crippen LogP contribution is 2.26. The SMILES string of the molecule is O=C1NCCN1C(=O)N1CC[C@H](N2C(=O)CSC2=O)C1. The second-order valence-corrected chi connectivity index (χ2v) is 5.80. The summed E-state index contributed by atoms with van der Waals surface area (Å²) in [4.78, 5) is 50.9. The lowest BCUT2D eigenvalue weighted by Crippen LogP contribution is -2.46. The van der Waals surface area contributed by atoms with Crippen molar-refractivity contribution in [3.05, 3.63) is 0 Å². The molecule has 0 unspecified atom stereocenters. The molecule has 0 radical (unpaired) electrons. The third-order valence-electron chi connectivity index (χ3n) is 3.67. The summed E-state index contributed by atoms with van der Waals surface area (Å²) >= 11 is 0.995. The number of amides is 6. The molecule has 1 atom stereocenters. The van der Waals surface area contributed by atoms with Gasteiger partial charge in [0.25, 0.3) is 5.24 Å². The molecule has 0 aliphatic carbocycles. The molecule has 0 aromatic rings. The van der Waals surface area contributed by atoms with Gasteiger partial charge < -0.3 is 10.2 Å². The summed E-state index contributed by atoms with van der Waals surface area (Å²) in [6.07, 6.45) is 0.569. The number of nitrogens with zero attached hydrogens (tertiary/aromatic N) is 3. The van der Waals surface area contributed by atoms with Gasteiger partial charge in [0.2, 0.25) is 5.91 Å². The van der Waals surface area contributed by atoms with Crippen LogP contribution in [-0.4, -0.2) is 75.9 Å². The van der Waals surface area contributed by atoms with Crippen molar-refractivity contribution in [2.75, 3.05) is 31.9 Å². The topological polar surface area (TPSA) is 90.0 Å². The maximum Gasteiger partial charge on any atom is 0.328 e. The first-order chi connectivity index (χ1) is 9.58. The summed E-state index contributed by atoms with van der Waals surface area (Å²) in [5, 5.41) is 2.33. The first-order valence-corrected chi connectivity index (χ1v) is 7.39. The third-order valence-corrected chi connectivity index (χ3v) is 4.51. The highest BCUT2D eigenvalue weighted by Gasteiger charge is 2.41. The van der Waals surface area contributed by atoms with Crippen molar-refractivity contribution in [1.29, 1.82) is 0 Å². The second kappa shape index (κ2) is 4.97. The molecule has 9 heteroatoms. The van der Waals surface area contributed by atoms with E-state index >= 15 is 0 Å². The molecule has 3 aliphatic heterocycles. The van der Waals surface area contributed by atoms with Gasteiger partial charge >= 0.3 is 12.1 Å². The molecule has 0 spiro atoms. The van der Waals surface area contributed by atoms with Gasteiger partial charge in [-0.3, -0.25) is 14.5 Å². The zero-order valence-electron chi connectivity index (χ0n) is 10.7. The number of hydrogen-bond acceptors (Lipinski definition) is 5. The number of urea groups is 2. The molecule has 3 saturated heterocycles. The first-order valence-electron chi connectivity index (χ1n) is 6.41. The predicted molar refractivity (Wildman–Crippen MR) is 70.2 cm³/mol. The van der Waals surface area contributed by atoms with Crippen LogP contribution in [0.25, 0.3) is 0 Å². The van der Waals surface area contributed by atoms with Gasteiger partial charge in [-0.25, -0.2) is 14.5 Å². The molecule has 6 amide bonds. The van der Waals surface area contributed by atoms with Crippen LogP contribution in [0.15, 0.2) is 0 Å². The van der Waals surface area contributed by atoms with Crippen LogP contribution in [-0.2, 0) is 4.79 Å². The summed E-state index contributed by atoms with van der Waals surface area (Å²) in [6.45, 7) is 1.58. The number of carbonyl (C=O) groups excluding carboxylic acids is 4. The number of thioether (sulfide) groups is 1. The number of rotatable bonds is 1. The molecule has 0 aromatic heterocycles. The molecular formula is C11H14N4O4S. The molecule has 0 saturated carbocycles. The Morgan fingerprint density at radius 2 is 2.05 bits per heavy atom. The van der Waals surface area contributed by atoms with Crippen LogP contribution in [0.5, 0.6) is 0 Å². The lowest BCUT2D eigenvalue weighted by molar-refractivity contribution is -0.126. The second-order valence-electron chi connectivity index (χ2n) is 4.87. The van der Waals surface area contributed by atoms with E-state index in [2.05, 4.69) is 5.32 Å². The molecule has 108 valence electrons. The summed E-state index contributed by atoms with van der Waals surface area (Å²) in [5.74, 6) is -0.0177. The number of nitrogens with one attached hydrogen (secondary N) is 1. The lowest BCUT2D eigenvalue weighted by atomic mass is 10.2. The standard InChI is InChI=1S/C11H14N4O4S/c16-8-6-20-11(19)15(8)7-1-3-13(5-7)10(18)14-4-2-12-9(14)17/h7H,1-6H2,(H,12,17)/t7-/m0/s1. The molecule has 3 rings (SSSR count). The quantitative estimate of drug-likeness (QED) is 0.730. The fourth-order valence-electron chi connectivity index (χ4n) is 2.67. The van der Waals surface area contributed by atoms with E-state index in [0.717, 1.165) is 16.7 Å². The normalized spacial score (nSPS) is 26.7. The predicted octanol–water partition coefficient (Wildman–Crippen LogP) is -0.0987. The van der Waals surface area contributed by atoms with E-state index in [1.165, 1.54) is 9.80 Å². The van der Waals surface area contributed by atoms with Crippen molar-refractivity contribution in [3.8, 4) is 0 Å². The fraction of sp³-hybridized carbons (Fsp3) is 0.636. The molecular weight excluding hydrogens is 284 g/mol. The summed E-state index contributed by atoms with van der Waals surface area (Å²) < 4.78 is 0. The largest absolute Gasteiger partial charge is 0.336 e. The molecule has 1 N–H and O–H groups in total. The van der Waals surface area contributed by atoms with Crippen molar-refractivity contribution in [3.63, 3.8) is 0 Å². The van der Waals surface area contributed by atoms with Crippen LogP contribution in [0.2, 0.25) is 0 Å². The van der Waals surface area contributed by atoms with Crippen LogP contribution in [0.3, 0.4) is 0 Å². The first kappa shape index (κ1) is 13.2. The maximum atomic E-state index is 12.2. The minimum Gasteiger partial charge on any atom is -0.336 e. The Labute approximate surface area is 119 Å². The average molecular weight is 298 g/mol. The summed E-state index contributed by atoms with van der Waals surface area (Å²) in [7, 11) is 0. The zero-order chi connectivity index (χ0) is 14.3. The third kappa shape index (κ3) is 2.11. The van der Waals surface area contributed by atoms with Crippen LogP contribution >= 0.6 is 11.8 Å². The van der Waals surface area contributed by atoms with Gasteiger partial charge in [0.05, 0.1) is 11.8 Å². The Morgan fingerprint density at radius 3 is 2.65 bits per heavy atom. The number of imide groups is 2. The molecule has 20 heavy (non-hydrogen) atoms. The van der Waals surface area contributed by atoms with E-state index in [4.69, 9.17) is 0 Å². The average Bonchev–Trinajstić information content (AvgIpc) is 3.10. The van der Waals surface area contributed by atoms with E-state index in [1.54, 1.807) is 0 Å². The molecule has 0 aromatic carbocycles. The minimum absolute atomic E-state index is 0.178. The van der Waals surface area contributed by atoms with E-state index < -0.39 is 0 Å². The lowest BCUT2D eigenvalue weighted by Gasteiger charge is -2.24. The molecule has 3 fully saturated rings.